The summed E-state index contributed by atoms with van der Waals surface area (Å²) in [5.74, 6) is -0.965. The van der Waals surface area contributed by atoms with Crippen molar-refractivity contribution in [3.8, 4) is 11.3 Å². The zero-order valence-corrected chi connectivity index (χ0v) is 22.4. The van der Waals surface area contributed by atoms with Crippen molar-refractivity contribution in [1.29, 1.82) is 0 Å². The van der Waals surface area contributed by atoms with Crippen LogP contribution in [0.4, 0.5) is 15.8 Å². The van der Waals surface area contributed by atoms with Crippen LogP contribution in [0.15, 0.2) is 48.9 Å². The number of rotatable bonds is 9. The number of carbonyl (C=O) groups excluding carboxylic acids is 2. The summed E-state index contributed by atoms with van der Waals surface area (Å²) < 4.78 is 19.8. The fourth-order valence-electron chi connectivity index (χ4n) is 3.63. The summed E-state index contributed by atoms with van der Waals surface area (Å²) in [7, 11) is 0. The van der Waals surface area contributed by atoms with Gasteiger partial charge in [0.2, 0.25) is 0 Å². The molecule has 2 N–H and O–H groups in total. The van der Waals surface area contributed by atoms with Crippen LogP contribution in [0, 0.1) is 5.82 Å². The molecule has 0 atom stereocenters. The molecule has 0 aliphatic heterocycles. The Morgan fingerprint density at radius 1 is 1.11 bits per heavy atom. The number of aromatic nitrogens is 2. The second-order valence-corrected chi connectivity index (χ2v) is 10.4. The van der Waals surface area contributed by atoms with E-state index < -0.39 is 11.4 Å². The lowest BCUT2D eigenvalue weighted by molar-refractivity contribution is -0.154. The topological polar surface area (TPSA) is 93.2 Å². The van der Waals surface area contributed by atoms with Crippen molar-refractivity contribution >= 4 is 34.9 Å². The van der Waals surface area contributed by atoms with Gasteiger partial charge in [0.05, 0.1) is 16.9 Å². The van der Waals surface area contributed by atoms with Gasteiger partial charge in [0.1, 0.15) is 11.4 Å². The molecular weight excluding hydrogens is 495 g/mol. The number of esters is 1. The van der Waals surface area contributed by atoms with Crippen LogP contribution in [0.3, 0.4) is 0 Å². The number of amides is 1. The zero-order chi connectivity index (χ0) is 27.2. The van der Waals surface area contributed by atoms with Gasteiger partial charge in [-0.15, -0.1) is 0 Å². The Kier molecular flexibility index (Phi) is 9.21. The van der Waals surface area contributed by atoms with E-state index in [1.807, 2.05) is 34.6 Å². The summed E-state index contributed by atoms with van der Waals surface area (Å²) in [6.45, 7) is 9.78. The average Bonchev–Trinajstić information content (AvgIpc) is 2.82. The standard InChI is InChI=1S/C28H32ClFN4O3/c1-17(2)20-16-33-24(19-13-18(29)8-9-22(19)30)14-25(20)34-23-10-12-31-15-21(23)27(36)32-11-6-7-26(35)37-28(3,4)5/h8-10,12-17H,6-7,11H2,1-5H3,(H,32,36)(H,31,33,34). The van der Waals surface area contributed by atoms with Gasteiger partial charge in [0, 0.05) is 47.8 Å². The highest BCUT2D eigenvalue weighted by Crippen LogP contribution is 2.33. The molecule has 2 heterocycles. The first-order valence-electron chi connectivity index (χ1n) is 12.1. The van der Waals surface area contributed by atoms with E-state index in [0.29, 0.717) is 40.6 Å². The van der Waals surface area contributed by atoms with Gasteiger partial charge in [-0.05, 0) is 69.0 Å². The van der Waals surface area contributed by atoms with Crippen LogP contribution in [0.25, 0.3) is 11.3 Å². The van der Waals surface area contributed by atoms with E-state index in [1.54, 1.807) is 24.5 Å². The molecule has 0 saturated carbocycles. The Hall–Kier alpha value is -3.52. The van der Waals surface area contributed by atoms with Gasteiger partial charge in [0.15, 0.2) is 0 Å². The summed E-state index contributed by atoms with van der Waals surface area (Å²) in [6.07, 6.45) is 5.39. The molecular formula is C28H32ClFN4O3. The molecule has 2 aromatic heterocycles. The van der Waals surface area contributed by atoms with Crippen LogP contribution in [0.5, 0.6) is 0 Å². The van der Waals surface area contributed by atoms with E-state index in [9.17, 15) is 14.0 Å². The minimum atomic E-state index is -0.545. The molecule has 0 bridgehead atoms. The predicted octanol–water partition coefficient (Wildman–Crippen LogP) is 6.65. The number of nitrogens with one attached hydrogen (secondary N) is 2. The van der Waals surface area contributed by atoms with Crippen molar-refractivity contribution in [2.75, 3.05) is 11.9 Å². The van der Waals surface area contributed by atoms with E-state index in [0.717, 1.165) is 5.56 Å². The van der Waals surface area contributed by atoms with E-state index in [4.69, 9.17) is 16.3 Å². The lowest BCUT2D eigenvalue weighted by atomic mass is 10.0. The molecule has 3 rings (SSSR count). The van der Waals surface area contributed by atoms with Gasteiger partial charge < -0.3 is 15.4 Å². The van der Waals surface area contributed by atoms with Crippen molar-refractivity contribution < 1.29 is 18.7 Å². The molecule has 1 aromatic carbocycles. The molecule has 0 radical (unpaired) electrons. The van der Waals surface area contributed by atoms with Gasteiger partial charge in [-0.1, -0.05) is 25.4 Å². The molecule has 0 aliphatic rings. The lowest BCUT2D eigenvalue weighted by Crippen LogP contribution is -2.27. The van der Waals surface area contributed by atoms with E-state index >= 15 is 0 Å². The van der Waals surface area contributed by atoms with Gasteiger partial charge >= 0.3 is 5.97 Å². The Morgan fingerprint density at radius 2 is 1.86 bits per heavy atom. The molecule has 0 saturated heterocycles. The number of halogens is 2. The Labute approximate surface area is 221 Å². The molecule has 196 valence electrons. The molecule has 3 aromatic rings. The summed E-state index contributed by atoms with van der Waals surface area (Å²) in [6, 6.07) is 7.75. The van der Waals surface area contributed by atoms with Crippen molar-refractivity contribution in [2.45, 2.75) is 59.0 Å². The molecule has 1 amide bonds. The molecule has 9 heteroatoms. The maximum absolute atomic E-state index is 14.5. The number of nitrogens with zero attached hydrogens (tertiary/aromatic N) is 2. The Bertz CT molecular complexity index is 1270. The third-order valence-electron chi connectivity index (χ3n) is 5.36. The number of hydrogen-bond donors (Lipinski definition) is 2. The monoisotopic (exact) mass is 526 g/mol. The number of pyridine rings is 2. The first-order valence-corrected chi connectivity index (χ1v) is 12.5. The van der Waals surface area contributed by atoms with Crippen LogP contribution < -0.4 is 10.6 Å². The first kappa shape index (κ1) is 28.1. The highest BCUT2D eigenvalue weighted by atomic mass is 35.5. The second kappa shape index (κ2) is 12.1. The zero-order valence-electron chi connectivity index (χ0n) is 21.7. The van der Waals surface area contributed by atoms with Crippen LogP contribution in [0.1, 0.15) is 69.3 Å². The van der Waals surface area contributed by atoms with Gasteiger partial charge in [0.25, 0.3) is 5.91 Å². The van der Waals surface area contributed by atoms with Gasteiger partial charge in [-0.2, -0.15) is 0 Å². The summed E-state index contributed by atoms with van der Waals surface area (Å²) in [5.41, 5.74) is 2.59. The minimum absolute atomic E-state index is 0.111. The van der Waals surface area contributed by atoms with Crippen molar-refractivity contribution in [3.05, 3.63) is 70.9 Å². The second-order valence-electron chi connectivity index (χ2n) is 9.93. The third kappa shape index (κ3) is 7.98. The molecule has 0 unspecified atom stereocenters. The number of benzene rings is 1. The molecule has 0 aliphatic carbocycles. The molecule has 7 nitrogen and oxygen atoms in total. The van der Waals surface area contributed by atoms with Gasteiger partial charge in [-0.25, -0.2) is 4.39 Å². The highest BCUT2D eigenvalue weighted by molar-refractivity contribution is 6.30. The largest absolute Gasteiger partial charge is 0.460 e. The summed E-state index contributed by atoms with van der Waals surface area (Å²) in [5, 5.41) is 6.54. The normalized spacial score (nSPS) is 11.4. The van der Waals surface area contributed by atoms with E-state index in [2.05, 4.69) is 20.6 Å². The Balaban J connectivity index is 1.79. The Morgan fingerprint density at radius 3 is 2.57 bits per heavy atom. The lowest BCUT2D eigenvalue weighted by Gasteiger charge is -2.19. The predicted molar refractivity (Wildman–Crippen MR) is 144 cm³/mol. The maximum Gasteiger partial charge on any atom is 0.306 e. The number of hydrogen-bond acceptors (Lipinski definition) is 6. The van der Waals surface area contributed by atoms with Crippen LogP contribution in [-0.2, 0) is 9.53 Å². The van der Waals surface area contributed by atoms with Crippen LogP contribution >= 0.6 is 11.6 Å². The third-order valence-corrected chi connectivity index (χ3v) is 5.59. The van der Waals surface area contributed by atoms with Crippen LogP contribution in [-0.4, -0.2) is 34.0 Å². The molecule has 0 spiro atoms. The first-order chi connectivity index (χ1) is 17.4. The smallest absolute Gasteiger partial charge is 0.306 e. The minimum Gasteiger partial charge on any atom is -0.460 e. The van der Waals surface area contributed by atoms with E-state index in [1.165, 1.54) is 24.4 Å². The average molecular weight is 527 g/mol. The van der Waals surface area contributed by atoms with Gasteiger partial charge in [-0.3, -0.25) is 19.6 Å². The van der Waals surface area contributed by atoms with Crippen LogP contribution in [0.2, 0.25) is 5.02 Å². The highest BCUT2D eigenvalue weighted by Gasteiger charge is 2.18. The van der Waals surface area contributed by atoms with Crippen molar-refractivity contribution in [1.82, 2.24) is 15.3 Å². The van der Waals surface area contributed by atoms with Crippen molar-refractivity contribution in [3.63, 3.8) is 0 Å². The van der Waals surface area contributed by atoms with E-state index in [-0.39, 0.29) is 29.8 Å². The number of ether oxygens (including phenoxy) is 1. The quantitative estimate of drug-likeness (QED) is 0.239. The fourth-order valence-corrected chi connectivity index (χ4v) is 3.80. The summed E-state index contributed by atoms with van der Waals surface area (Å²) in [4.78, 5) is 33.4. The fraction of sp³-hybridized carbons (Fsp3) is 0.357. The van der Waals surface area contributed by atoms with Crippen molar-refractivity contribution in [2.24, 2.45) is 0 Å². The SMILES string of the molecule is CC(C)c1cnc(-c2cc(Cl)ccc2F)cc1Nc1ccncc1C(=O)NCCCC(=O)OC(C)(C)C. The molecule has 37 heavy (non-hydrogen) atoms. The molecule has 0 fully saturated rings. The maximum atomic E-state index is 14.5. The number of anilines is 2. The summed E-state index contributed by atoms with van der Waals surface area (Å²) >= 11 is 6.08. The number of carbonyl (C=O) groups is 2.